The van der Waals surface area contributed by atoms with Crippen molar-refractivity contribution in [2.24, 2.45) is 0 Å². The van der Waals surface area contributed by atoms with Gasteiger partial charge in [0, 0.05) is 4.43 Å². The second-order valence-electron chi connectivity index (χ2n) is 2.62. The first kappa shape index (κ1) is 11.3. The topological polar surface area (TPSA) is 23.8 Å². The van der Waals surface area contributed by atoms with Crippen LogP contribution in [0.5, 0.6) is 0 Å². The summed E-state index contributed by atoms with van der Waals surface area (Å²) in [6.07, 6.45) is -4.38. The minimum atomic E-state index is -4.38. The summed E-state index contributed by atoms with van der Waals surface area (Å²) in [4.78, 5) is 0. The smallest absolute Gasteiger partial charge is 0.192 e. The number of benzene rings is 1. The molecular weight excluding hydrogens is 306 g/mol. The van der Waals surface area contributed by atoms with E-state index in [1.807, 2.05) is 22.6 Å². The minimum Gasteiger partial charge on any atom is -0.192 e. The van der Waals surface area contributed by atoms with Crippen LogP contribution >= 0.6 is 22.6 Å². The molecule has 0 spiro atoms. The van der Waals surface area contributed by atoms with Gasteiger partial charge in [-0.2, -0.15) is 18.4 Å². The first-order valence-electron chi connectivity index (χ1n) is 3.65. The Morgan fingerprint density at radius 3 is 2.43 bits per heavy atom. The molecule has 0 radical (unpaired) electrons. The van der Waals surface area contributed by atoms with Gasteiger partial charge in [-0.05, 0) is 17.7 Å². The van der Waals surface area contributed by atoms with Crippen LogP contribution in [0.2, 0.25) is 0 Å². The Bertz CT molecular complexity index is 379. The van der Waals surface area contributed by atoms with E-state index in [-0.39, 0.29) is 5.56 Å². The normalized spacial score (nSPS) is 11.1. The van der Waals surface area contributed by atoms with E-state index >= 15 is 0 Å². The van der Waals surface area contributed by atoms with Gasteiger partial charge in [0.1, 0.15) is 0 Å². The standard InChI is InChI=1S/C9H5F3IN/c10-9(11,12)8-2-1-6(4-13)7(3-8)5-14/h1-3H,4H2. The maximum atomic E-state index is 12.2. The Morgan fingerprint density at radius 2 is 2.00 bits per heavy atom. The summed E-state index contributed by atoms with van der Waals surface area (Å²) in [6.45, 7) is 0. The zero-order valence-electron chi connectivity index (χ0n) is 6.90. The van der Waals surface area contributed by atoms with Crippen molar-refractivity contribution in [2.75, 3.05) is 0 Å². The van der Waals surface area contributed by atoms with Crippen LogP contribution < -0.4 is 0 Å². The molecule has 0 saturated carbocycles. The van der Waals surface area contributed by atoms with E-state index in [2.05, 4.69) is 0 Å². The maximum absolute atomic E-state index is 12.2. The highest BCUT2D eigenvalue weighted by Crippen LogP contribution is 2.30. The summed E-state index contributed by atoms with van der Waals surface area (Å²) in [6, 6.07) is 4.97. The highest BCUT2D eigenvalue weighted by molar-refractivity contribution is 14.1. The van der Waals surface area contributed by atoms with Gasteiger partial charge in [0.2, 0.25) is 0 Å². The van der Waals surface area contributed by atoms with Gasteiger partial charge in [-0.25, -0.2) is 0 Å². The van der Waals surface area contributed by atoms with E-state index in [1.165, 1.54) is 6.07 Å². The lowest BCUT2D eigenvalue weighted by atomic mass is 10.1. The molecule has 0 aliphatic rings. The second kappa shape index (κ2) is 4.17. The lowest BCUT2D eigenvalue weighted by Gasteiger charge is -2.08. The van der Waals surface area contributed by atoms with Crippen LogP contribution in [0.4, 0.5) is 13.2 Å². The third kappa shape index (κ3) is 2.38. The summed E-state index contributed by atoms with van der Waals surface area (Å²) in [7, 11) is 0. The summed E-state index contributed by atoms with van der Waals surface area (Å²) >= 11 is 2.00. The van der Waals surface area contributed by atoms with E-state index < -0.39 is 11.7 Å². The van der Waals surface area contributed by atoms with E-state index in [0.717, 1.165) is 12.1 Å². The van der Waals surface area contributed by atoms with Crippen LogP contribution in [-0.4, -0.2) is 0 Å². The molecule has 0 unspecified atom stereocenters. The Morgan fingerprint density at radius 1 is 1.36 bits per heavy atom. The van der Waals surface area contributed by atoms with Gasteiger partial charge < -0.3 is 0 Å². The fraction of sp³-hybridized carbons (Fsp3) is 0.222. The van der Waals surface area contributed by atoms with Gasteiger partial charge >= 0.3 is 6.18 Å². The van der Waals surface area contributed by atoms with E-state index in [4.69, 9.17) is 5.26 Å². The molecule has 0 aliphatic carbocycles. The van der Waals surface area contributed by atoms with Crippen LogP contribution in [0.25, 0.3) is 0 Å². The average molecular weight is 311 g/mol. The van der Waals surface area contributed by atoms with Gasteiger partial charge in [-0.1, -0.05) is 28.7 Å². The molecule has 0 bridgehead atoms. The highest BCUT2D eigenvalue weighted by Gasteiger charge is 2.30. The number of nitrogens with zero attached hydrogens (tertiary/aromatic N) is 1. The van der Waals surface area contributed by atoms with Crippen molar-refractivity contribution in [3.63, 3.8) is 0 Å². The van der Waals surface area contributed by atoms with Gasteiger partial charge in [0.15, 0.2) is 0 Å². The van der Waals surface area contributed by atoms with E-state index in [9.17, 15) is 13.2 Å². The molecule has 1 aromatic carbocycles. The lowest BCUT2D eigenvalue weighted by molar-refractivity contribution is -0.137. The second-order valence-corrected chi connectivity index (χ2v) is 3.38. The fourth-order valence-corrected chi connectivity index (χ4v) is 1.64. The number of hydrogen-bond donors (Lipinski definition) is 0. The highest BCUT2D eigenvalue weighted by atomic mass is 127. The van der Waals surface area contributed by atoms with Crippen molar-refractivity contribution in [1.82, 2.24) is 0 Å². The molecule has 1 aromatic rings. The summed E-state index contributed by atoms with van der Waals surface area (Å²) < 4.78 is 37.2. The molecule has 0 amide bonds. The van der Waals surface area contributed by atoms with Crippen LogP contribution in [0, 0.1) is 11.3 Å². The number of halogens is 4. The Balaban J connectivity index is 3.23. The molecule has 0 atom stereocenters. The van der Waals surface area contributed by atoms with Gasteiger partial charge in [0.25, 0.3) is 0 Å². The third-order valence-corrected chi connectivity index (χ3v) is 2.52. The zero-order chi connectivity index (χ0) is 10.8. The van der Waals surface area contributed by atoms with E-state index in [1.54, 1.807) is 6.07 Å². The van der Waals surface area contributed by atoms with Crippen molar-refractivity contribution in [2.45, 2.75) is 10.6 Å². The molecule has 0 aromatic heterocycles. The first-order valence-corrected chi connectivity index (χ1v) is 5.17. The number of alkyl halides is 4. The third-order valence-electron chi connectivity index (χ3n) is 1.70. The molecule has 0 N–H and O–H groups in total. The Labute approximate surface area is 92.7 Å². The predicted octanol–water partition coefficient (Wildman–Crippen LogP) is 3.51. The first-order chi connectivity index (χ1) is 6.49. The van der Waals surface area contributed by atoms with Crippen molar-refractivity contribution < 1.29 is 13.2 Å². The molecular formula is C9H5F3IN. The molecule has 5 heteroatoms. The maximum Gasteiger partial charge on any atom is 0.416 e. The predicted molar refractivity (Wildman–Crippen MR) is 53.9 cm³/mol. The molecule has 0 saturated heterocycles. The van der Waals surface area contributed by atoms with Gasteiger partial charge in [-0.3, -0.25) is 0 Å². The monoisotopic (exact) mass is 311 g/mol. The van der Waals surface area contributed by atoms with Crippen molar-refractivity contribution in [3.8, 4) is 6.07 Å². The van der Waals surface area contributed by atoms with Crippen molar-refractivity contribution in [1.29, 1.82) is 5.26 Å². The van der Waals surface area contributed by atoms with Crippen LogP contribution in [-0.2, 0) is 10.6 Å². The average Bonchev–Trinajstić information content (AvgIpc) is 2.15. The zero-order valence-corrected chi connectivity index (χ0v) is 9.06. The van der Waals surface area contributed by atoms with Crippen molar-refractivity contribution in [3.05, 3.63) is 34.9 Å². The SMILES string of the molecule is N#Cc1cc(C(F)(F)F)ccc1CI. The molecule has 14 heavy (non-hydrogen) atoms. The van der Waals surface area contributed by atoms with Crippen LogP contribution in [0.1, 0.15) is 16.7 Å². The number of hydrogen-bond acceptors (Lipinski definition) is 1. The van der Waals surface area contributed by atoms with Gasteiger partial charge in [-0.15, -0.1) is 0 Å². The molecule has 0 aliphatic heterocycles. The lowest BCUT2D eigenvalue weighted by Crippen LogP contribution is -2.05. The molecule has 74 valence electrons. The van der Waals surface area contributed by atoms with Gasteiger partial charge in [0.05, 0.1) is 17.2 Å². The van der Waals surface area contributed by atoms with E-state index in [0.29, 0.717) is 9.99 Å². The molecule has 0 fully saturated rings. The number of rotatable bonds is 1. The fourth-order valence-electron chi connectivity index (χ4n) is 0.973. The van der Waals surface area contributed by atoms with Crippen LogP contribution in [0.3, 0.4) is 0 Å². The quantitative estimate of drug-likeness (QED) is 0.575. The summed E-state index contributed by atoms with van der Waals surface area (Å²) in [5, 5.41) is 8.62. The molecule has 1 nitrogen and oxygen atoms in total. The summed E-state index contributed by atoms with van der Waals surface area (Å²) in [5.74, 6) is 0. The molecule has 1 rings (SSSR count). The van der Waals surface area contributed by atoms with Crippen molar-refractivity contribution >= 4 is 22.6 Å². The Kier molecular flexibility index (Phi) is 3.37. The Hall–Kier alpha value is -0.770. The minimum absolute atomic E-state index is 0.0919. The number of nitriles is 1. The molecule has 0 heterocycles. The summed E-state index contributed by atoms with van der Waals surface area (Å²) in [5.41, 5.74) is -0.0574. The van der Waals surface area contributed by atoms with Crippen LogP contribution in [0.15, 0.2) is 18.2 Å². The largest absolute Gasteiger partial charge is 0.416 e.